The van der Waals surface area contributed by atoms with Crippen molar-refractivity contribution in [3.8, 4) is 0 Å². The highest BCUT2D eigenvalue weighted by Crippen LogP contribution is 2.13. The van der Waals surface area contributed by atoms with Crippen molar-refractivity contribution in [1.82, 2.24) is 10.3 Å². The van der Waals surface area contributed by atoms with Gasteiger partial charge in [0.2, 0.25) is 0 Å². The Morgan fingerprint density at radius 2 is 2.50 bits per heavy atom. The number of nitrogens with zero attached hydrogens (tertiary/aromatic N) is 1. The topological polar surface area (TPSA) is 24.9 Å². The Bertz CT molecular complexity index is 305. The van der Waals surface area contributed by atoms with Crippen LogP contribution in [0.1, 0.15) is 16.8 Å². The number of pyridine rings is 1. The molecule has 0 atom stereocenters. The van der Waals surface area contributed by atoms with Crippen molar-refractivity contribution in [2.75, 3.05) is 6.54 Å². The van der Waals surface area contributed by atoms with E-state index in [0.717, 1.165) is 25.1 Å². The molecule has 1 aromatic heterocycles. The molecule has 0 saturated carbocycles. The second kappa shape index (κ2) is 3.07. The zero-order valence-electron chi connectivity index (χ0n) is 7.01. The Morgan fingerprint density at radius 3 is 3.33 bits per heavy atom. The average Bonchev–Trinajstić information content (AvgIpc) is 2.17. The Morgan fingerprint density at radius 1 is 1.58 bits per heavy atom. The molecular formula is C10H12N2. The van der Waals surface area contributed by atoms with Crippen molar-refractivity contribution < 1.29 is 0 Å². The molecule has 2 heteroatoms. The van der Waals surface area contributed by atoms with E-state index in [1.807, 2.05) is 12.3 Å². The summed E-state index contributed by atoms with van der Waals surface area (Å²) in [6.45, 7) is 5.72. The SMILES string of the molecule is C=Cc1cnc2c(c1)CNCC2. The molecule has 0 bridgehead atoms. The number of fused-ring (bicyclic) bond motifs is 1. The van der Waals surface area contributed by atoms with Crippen molar-refractivity contribution in [3.05, 3.63) is 35.7 Å². The molecule has 0 unspecified atom stereocenters. The van der Waals surface area contributed by atoms with E-state index in [-0.39, 0.29) is 0 Å². The Labute approximate surface area is 72.3 Å². The lowest BCUT2D eigenvalue weighted by Crippen LogP contribution is -2.24. The van der Waals surface area contributed by atoms with E-state index in [0.29, 0.717) is 0 Å². The van der Waals surface area contributed by atoms with Gasteiger partial charge in [-0.05, 0) is 17.2 Å². The predicted molar refractivity (Wildman–Crippen MR) is 49.7 cm³/mol. The summed E-state index contributed by atoms with van der Waals surface area (Å²) >= 11 is 0. The van der Waals surface area contributed by atoms with Crippen molar-refractivity contribution >= 4 is 6.08 Å². The molecule has 0 aliphatic carbocycles. The van der Waals surface area contributed by atoms with Crippen molar-refractivity contribution in [2.45, 2.75) is 13.0 Å². The fraction of sp³-hybridized carbons (Fsp3) is 0.300. The molecule has 0 spiro atoms. The van der Waals surface area contributed by atoms with Crippen LogP contribution in [-0.4, -0.2) is 11.5 Å². The number of rotatable bonds is 1. The van der Waals surface area contributed by atoms with Crippen LogP contribution in [0.15, 0.2) is 18.8 Å². The molecule has 62 valence electrons. The van der Waals surface area contributed by atoms with Gasteiger partial charge in [0.05, 0.1) is 0 Å². The number of nitrogens with one attached hydrogen (secondary N) is 1. The number of hydrogen-bond donors (Lipinski definition) is 1. The zero-order chi connectivity index (χ0) is 8.39. The fourth-order valence-electron chi connectivity index (χ4n) is 1.48. The highest BCUT2D eigenvalue weighted by molar-refractivity contribution is 5.47. The predicted octanol–water partition coefficient (Wildman–Crippen LogP) is 1.37. The van der Waals surface area contributed by atoms with Gasteiger partial charge in [-0.2, -0.15) is 0 Å². The van der Waals surface area contributed by atoms with E-state index in [1.165, 1.54) is 11.3 Å². The second-order valence-corrected chi connectivity index (χ2v) is 3.01. The zero-order valence-corrected chi connectivity index (χ0v) is 7.01. The third-order valence-corrected chi connectivity index (χ3v) is 2.17. The number of aromatic nitrogens is 1. The van der Waals surface area contributed by atoms with E-state index in [4.69, 9.17) is 0 Å². The fourth-order valence-corrected chi connectivity index (χ4v) is 1.48. The molecule has 2 nitrogen and oxygen atoms in total. The van der Waals surface area contributed by atoms with E-state index < -0.39 is 0 Å². The van der Waals surface area contributed by atoms with Gasteiger partial charge < -0.3 is 5.32 Å². The van der Waals surface area contributed by atoms with Gasteiger partial charge in [0.15, 0.2) is 0 Å². The molecule has 0 saturated heterocycles. The molecule has 0 radical (unpaired) electrons. The molecule has 0 aromatic carbocycles. The van der Waals surface area contributed by atoms with Gasteiger partial charge in [0.25, 0.3) is 0 Å². The average molecular weight is 160 g/mol. The van der Waals surface area contributed by atoms with Crippen LogP contribution in [0, 0.1) is 0 Å². The molecule has 1 aromatic rings. The van der Waals surface area contributed by atoms with Crippen molar-refractivity contribution in [2.24, 2.45) is 0 Å². The van der Waals surface area contributed by atoms with Gasteiger partial charge >= 0.3 is 0 Å². The quantitative estimate of drug-likeness (QED) is 0.671. The summed E-state index contributed by atoms with van der Waals surface area (Å²) in [6, 6.07) is 2.15. The maximum absolute atomic E-state index is 4.38. The Kier molecular flexibility index (Phi) is 1.92. The maximum Gasteiger partial charge on any atom is 0.0461 e. The standard InChI is InChI=1S/C10H12N2/c1-2-8-5-9-7-11-4-3-10(9)12-6-8/h2,5-6,11H,1,3-4,7H2. The van der Waals surface area contributed by atoms with Gasteiger partial charge in [-0.1, -0.05) is 12.7 Å². The summed E-state index contributed by atoms with van der Waals surface area (Å²) in [5, 5.41) is 3.32. The third kappa shape index (κ3) is 1.25. The second-order valence-electron chi connectivity index (χ2n) is 3.01. The van der Waals surface area contributed by atoms with E-state index in [2.05, 4.69) is 22.9 Å². The Hall–Kier alpha value is -1.15. The third-order valence-electron chi connectivity index (χ3n) is 2.17. The van der Waals surface area contributed by atoms with Gasteiger partial charge in [-0.3, -0.25) is 4.98 Å². The largest absolute Gasteiger partial charge is 0.312 e. The molecule has 1 aliphatic rings. The molecule has 1 N–H and O–H groups in total. The van der Waals surface area contributed by atoms with Crippen LogP contribution in [-0.2, 0) is 13.0 Å². The summed E-state index contributed by atoms with van der Waals surface area (Å²) in [6.07, 6.45) is 4.77. The Balaban J connectivity index is 2.42. The smallest absolute Gasteiger partial charge is 0.0461 e. The van der Waals surface area contributed by atoms with Crippen LogP contribution in [0.4, 0.5) is 0 Å². The van der Waals surface area contributed by atoms with Gasteiger partial charge in [0, 0.05) is 31.4 Å². The van der Waals surface area contributed by atoms with Crippen LogP contribution >= 0.6 is 0 Å². The van der Waals surface area contributed by atoms with Crippen LogP contribution in [0.25, 0.3) is 6.08 Å². The molecule has 0 amide bonds. The summed E-state index contributed by atoms with van der Waals surface area (Å²) in [5.41, 5.74) is 3.66. The van der Waals surface area contributed by atoms with E-state index >= 15 is 0 Å². The van der Waals surface area contributed by atoms with Crippen LogP contribution in [0.2, 0.25) is 0 Å². The van der Waals surface area contributed by atoms with Gasteiger partial charge in [-0.15, -0.1) is 0 Å². The van der Waals surface area contributed by atoms with Crippen LogP contribution in [0.5, 0.6) is 0 Å². The molecule has 1 aliphatic heterocycles. The normalized spacial score (nSPS) is 15.3. The molecule has 0 fully saturated rings. The summed E-state index contributed by atoms with van der Waals surface area (Å²) in [5.74, 6) is 0. The summed E-state index contributed by atoms with van der Waals surface area (Å²) < 4.78 is 0. The minimum atomic E-state index is 0.948. The maximum atomic E-state index is 4.38. The minimum absolute atomic E-state index is 0.948. The number of hydrogen-bond acceptors (Lipinski definition) is 2. The first-order chi connectivity index (χ1) is 5.90. The molecule has 2 heterocycles. The molecule has 2 rings (SSSR count). The van der Waals surface area contributed by atoms with Crippen molar-refractivity contribution in [3.63, 3.8) is 0 Å². The first-order valence-electron chi connectivity index (χ1n) is 4.21. The minimum Gasteiger partial charge on any atom is -0.312 e. The summed E-state index contributed by atoms with van der Waals surface area (Å²) in [7, 11) is 0. The lowest BCUT2D eigenvalue weighted by molar-refractivity contribution is 0.630. The lowest BCUT2D eigenvalue weighted by atomic mass is 10.1. The monoisotopic (exact) mass is 160 g/mol. The molecular weight excluding hydrogens is 148 g/mol. The van der Waals surface area contributed by atoms with Crippen LogP contribution in [0.3, 0.4) is 0 Å². The lowest BCUT2D eigenvalue weighted by Gasteiger charge is -2.15. The van der Waals surface area contributed by atoms with Gasteiger partial charge in [-0.25, -0.2) is 0 Å². The van der Waals surface area contributed by atoms with E-state index in [1.54, 1.807) is 0 Å². The highest BCUT2D eigenvalue weighted by atomic mass is 14.9. The van der Waals surface area contributed by atoms with Crippen LogP contribution < -0.4 is 5.32 Å². The summed E-state index contributed by atoms with van der Waals surface area (Å²) in [4.78, 5) is 4.38. The first-order valence-corrected chi connectivity index (χ1v) is 4.21. The van der Waals surface area contributed by atoms with Gasteiger partial charge in [0.1, 0.15) is 0 Å². The van der Waals surface area contributed by atoms with Crippen molar-refractivity contribution in [1.29, 1.82) is 0 Å². The highest BCUT2D eigenvalue weighted by Gasteiger charge is 2.08. The first kappa shape index (κ1) is 7.50. The van der Waals surface area contributed by atoms with E-state index in [9.17, 15) is 0 Å². The molecule has 12 heavy (non-hydrogen) atoms.